The smallest absolute Gasteiger partial charge is 0.119 e. The molecule has 1 aromatic rings. The lowest BCUT2D eigenvalue weighted by Gasteiger charge is -2.11. The van der Waals surface area contributed by atoms with Crippen molar-refractivity contribution in [3.8, 4) is 5.75 Å². The average molecular weight is 208 g/mol. The van der Waals surface area contributed by atoms with E-state index in [9.17, 15) is 5.11 Å². The van der Waals surface area contributed by atoms with Crippen molar-refractivity contribution in [2.24, 2.45) is 0 Å². The normalized spacial score (nSPS) is 12.5. The molecule has 1 rings (SSSR count). The third-order valence-corrected chi connectivity index (χ3v) is 2.38. The van der Waals surface area contributed by atoms with Gasteiger partial charge in [0, 0.05) is 0 Å². The summed E-state index contributed by atoms with van der Waals surface area (Å²) >= 11 is 0. The fourth-order valence-electron chi connectivity index (χ4n) is 1.54. The number of benzene rings is 1. The van der Waals surface area contributed by atoms with E-state index in [-0.39, 0.29) is 6.10 Å². The number of unbranched alkanes of at least 4 members (excludes halogenated alkanes) is 1. The van der Waals surface area contributed by atoms with Crippen LogP contribution in [0.5, 0.6) is 5.75 Å². The summed E-state index contributed by atoms with van der Waals surface area (Å²) in [4.78, 5) is 0. The minimum absolute atomic E-state index is 0.356. The molecule has 0 aliphatic heterocycles. The monoisotopic (exact) mass is 208 g/mol. The molecule has 2 nitrogen and oxygen atoms in total. The van der Waals surface area contributed by atoms with Crippen molar-refractivity contribution in [1.29, 1.82) is 0 Å². The highest BCUT2D eigenvalue weighted by Gasteiger charge is 2.07. The second kappa shape index (κ2) is 6.46. The molecular weight excluding hydrogens is 188 g/mol. The molecule has 1 aromatic carbocycles. The van der Waals surface area contributed by atoms with Gasteiger partial charge in [0.05, 0.1) is 12.7 Å². The summed E-state index contributed by atoms with van der Waals surface area (Å²) in [7, 11) is 0. The van der Waals surface area contributed by atoms with E-state index in [0.29, 0.717) is 6.61 Å². The van der Waals surface area contributed by atoms with E-state index in [1.165, 1.54) is 0 Å². The zero-order valence-corrected chi connectivity index (χ0v) is 9.57. The highest BCUT2D eigenvalue weighted by Crippen LogP contribution is 2.23. The molecule has 84 valence electrons. The average Bonchev–Trinajstić information content (AvgIpc) is 2.27. The minimum Gasteiger partial charge on any atom is -0.494 e. The van der Waals surface area contributed by atoms with E-state index in [4.69, 9.17) is 4.74 Å². The van der Waals surface area contributed by atoms with Gasteiger partial charge in [-0.2, -0.15) is 0 Å². The predicted molar refractivity (Wildman–Crippen MR) is 62.1 cm³/mol. The van der Waals surface area contributed by atoms with Crippen LogP contribution in [-0.2, 0) is 0 Å². The van der Waals surface area contributed by atoms with Gasteiger partial charge in [0.2, 0.25) is 0 Å². The molecule has 1 N–H and O–H groups in total. The van der Waals surface area contributed by atoms with Crippen molar-refractivity contribution in [3.63, 3.8) is 0 Å². The molecule has 0 aliphatic rings. The first kappa shape index (κ1) is 12.1. The number of hydrogen-bond donors (Lipinski definition) is 1. The molecule has 0 heterocycles. The van der Waals surface area contributed by atoms with Crippen molar-refractivity contribution < 1.29 is 9.84 Å². The first-order chi connectivity index (χ1) is 7.27. The van der Waals surface area contributed by atoms with E-state index in [1.54, 1.807) is 0 Å². The van der Waals surface area contributed by atoms with Gasteiger partial charge in [-0.15, -0.1) is 0 Å². The second-order valence-corrected chi connectivity index (χ2v) is 3.66. The number of ether oxygens (including phenoxy) is 1. The number of aliphatic hydroxyl groups is 1. The van der Waals surface area contributed by atoms with Crippen molar-refractivity contribution >= 4 is 0 Å². The summed E-state index contributed by atoms with van der Waals surface area (Å²) in [6, 6.07) is 7.71. The summed E-state index contributed by atoms with van der Waals surface area (Å²) in [6.45, 7) is 4.75. The zero-order valence-electron chi connectivity index (χ0n) is 9.57. The van der Waals surface area contributed by atoms with Crippen LogP contribution >= 0.6 is 0 Å². The Morgan fingerprint density at radius 3 is 2.80 bits per heavy atom. The molecule has 1 atom stereocenters. The maximum Gasteiger partial charge on any atom is 0.119 e. The number of aliphatic hydroxyl groups excluding tert-OH is 1. The molecule has 0 aliphatic carbocycles. The van der Waals surface area contributed by atoms with Crippen LogP contribution in [-0.4, -0.2) is 11.7 Å². The third-order valence-electron chi connectivity index (χ3n) is 2.38. The third kappa shape index (κ3) is 3.92. The van der Waals surface area contributed by atoms with Gasteiger partial charge in [0.15, 0.2) is 0 Å². The molecule has 0 amide bonds. The van der Waals surface area contributed by atoms with E-state index in [1.807, 2.05) is 31.2 Å². The molecule has 0 saturated heterocycles. The number of hydrogen-bond acceptors (Lipinski definition) is 2. The van der Waals surface area contributed by atoms with Gasteiger partial charge in [-0.1, -0.05) is 31.9 Å². The van der Waals surface area contributed by atoms with Crippen LogP contribution in [0, 0.1) is 0 Å². The Morgan fingerprint density at radius 2 is 2.13 bits per heavy atom. The van der Waals surface area contributed by atoms with Crippen LogP contribution in [0.15, 0.2) is 24.3 Å². The van der Waals surface area contributed by atoms with Crippen LogP contribution in [0.4, 0.5) is 0 Å². The molecular formula is C13H20O2. The van der Waals surface area contributed by atoms with Crippen LogP contribution in [0.3, 0.4) is 0 Å². The summed E-state index contributed by atoms with van der Waals surface area (Å²) in [5.74, 6) is 0.838. The zero-order chi connectivity index (χ0) is 11.1. The fraction of sp³-hybridized carbons (Fsp3) is 0.538. The first-order valence-corrected chi connectivity index (χ1v) is 5.68. The molecule has 1 unspecified atom stereocenters. The largest absolute Gasteiger partial charge is 0.494 e. The lowest BCUT2D eigenvalue weighted by Crippen LogP contribution is -1.98. The van der Waals surface area contributed by atoms with Gasteiger partial charge >= 0.3 is 0 Å². The Hall–Kier alpha value is -1.02. The van der Waals surface area contributed by atoms with Crippen molar-refractivity contribution in [1.82, 2.24) is 0 Å². The Kier molecular flexibility index (Phi) is 5.19. The van der Waals surface area contributed by atoms with E-state index < -0.39 is 0 Å². The number of rotatable bonds is 6. The maximum atomic E-state index is 9.89. The summed E-state index contributed by atoms with van der Waals surface area (Å²) in [5.41, 5.74) is 0.953. The fourth-order valence-corrected chi connectivity index (χ4v) is 1.54. The Labute approximate surface area is 91.9 Å². The minimum atomic E-state index is -0.356. The van der Waals surface area contributed by atoms with Crippen LogP contribution in [0.25, 0.3) is 0 Å². The molecule has 0 bridgehead atoms. The Balaban J connectivity index is 2.62. The summed E-state index contributed by atoms with van der Waals surface area (Å²) in [5, 5.41) is 9.89. The van der Waals surface area contributed by atoms with Crippen LogP contribution < -0.4 is 4.74 Å². The highest BCUT2D eigenvalue weighted by molar-refractivity contribution is 5.29. The standard InChI is InChI=1S/C13H20O2/c1-3-5-9-13(14)11-7-6-8-12(10-11)15-4-2/h6-8,10,13-14H,3-5,9H2,1-2H3. The lowest BCUT2D eigenvalue weighted by atomic mass is 10.0. The van der Waals surface area contributed by atoms with Gasteiger partial charge in [0.1, 0.15) is 5.75 Å². The molecule has 15 heavy (non-hydrogen) atoms. The van der Waals surface area contributed by atoms with Gasteiger partial charge in [-0.25, -0.2) is 0 Å². The first-order valence-electron chi connectivity index (χ1n) is 5.68. The van der Waals surface area contributed by atoms with Crippen molar-refractivity contribution in [2.75, 3.05) is 6.61 Å². The Bertz CT molecular complexity index is 284. The molecule has 2 heteroatoms. The van der Waals surface area contributed by atoms with Crippen LogP contribution in [0.1, 0.15) is 44.8 Å². The Morgan fingerprint density at radius 1 is 1.33 bits per heavy atom. The molecule has 0 radical (unpaired) electrons. The summed E-state index contributed by atoms with van der Waals surface area (Å²) < 4.78 is 5.39. The molecule has 0 spiro atoms. The van der Waals surface area contributed by atoms with Gasteiger partial charge < -0.3 is 9.84 Å². The molecule has 0 fully saturated rings. The van der Waals surface area contributed by atoms with Gasteiger partial charge in [-0.3, -0.25) is 0 Å². The SMILES string of the molecule is CCCCC(O)c1cccc(OCC)c1. The molecule has 0 saturated carbocycles. The highest BCUT2D eigenvalue weighted by atomic mass is 16.5. The van der Waals surface area contributed by atoms with Gasteiger partial charge in [0.25, 0.3) is 0 Å². The van der Waals surface area contributed by atoms with Crippen molar-refractivity contribution in [3.05, 3.63) is 29.8 Å². The van der Waals surface area contributed by atoms with Crippen molar-refractivity contribution in [2.45, 2.75) is 39.2 Å². The van der Waals surface area contributed by atoms with E-state index in [0.717, 1.165) is 30.6 Å². The van der Waals surface area contributed by atoms with Gasteiger partial charge in [-0.05, 0) is 31.0 Å². The lowest BCUT2D eigenvalue weighted by molar-refractivity contribution is 0.164. The quantitative estimate of drug-likeness (QED) is 0.777. The van der Waals surface area contributed by atoms with Crippen LogP contribution in [0.2, 0.25) is 0 Å². The second-order valence-electron chi connectivity index (χ2n) is 3.66. The maximum absolute atomic E-state index is 9.89. The molecule has 0 aromatic heterocycles. The van der Waals surface area contributed by atoms with E-state index in [2.05, 4.69) is 6.92 Å². The van der Waals surface area contributed by atoms with E-state index >= 15 is 0 Å². The predicted octanol–water partition coefficient (Wildman–Crippen LogP) is 3.31. The summed E-state index contributed by atoms with van der Waals surface area (Å²) in [6.07, 6.45) is 2.64. The topological polar surface area (TPSA) is 29.5 Å².